The van der Waals surface area contributed by atoms with E-state index in [-0.39, 0.29) is 0 Å². The molecular weight excluding hydrogens is 252 g/mol. The van der Waals surface area contributed by atoms with Gasteiger partial charge in [0.25, 0.3) is 0 Å². The van der Waals surface area contributed by atoms with Crippen LogP contribution in [-0.2, 0) is 6.42 Å². The number of rotatable bonds is 5. The third kappa shape index (κ3) is 4.20. The number of halogens is 3. The van der Waals surface area contributed by atoms with E-state index in [0.717, 1.165) is 31.4 Å². The van der Waals surface area contributed by atoms with Crippen LogP contribution in [0, 0.1) is 0 Å². The molecular formula is C11H14Cl3N. The van der Waals surface area contributed by atoms with E-state index in [9.17, 15) is 0 Å². The fourth-order valence-corrected chi connectivity index (χ4v) is 2.42. The van der Waals surface area contributed by atoms with E-state index >= 15 is 0 Å². The zero-order valence-corrected chi connectivity index (χ0v) is 10.9. The number of hydrogen-bond acceptors (Lipinski definition) is 1. The maximum atomic E-state index is 6.06. The van der Waals surface area contributed by atoms with E-state index in [1.807, 2.05) is 7.05 Å². The van der Waals surface area contributed by atoms with Crippen molar-refractivity contribution in [1.29, 1.82) is 0 Å². The molecule has 0 atom stereocenters. The van der Waals surface area contributed by atoms with Crippen LogP contribution < -0.4 is 5.32 Å². The second kappa shape index (κ2) is 6.59. The molecule has 0 aliphatic rings. The summed E-state index contributed by atoms with van der Waals surface area (Å²) in [5.41, 5.74) is 0.999. The molecule has 1 aromatic carbocycles. The second-order valence-electron chi connectivity index (χ2n) is 3.41. The second-order valence-corrected chi connectivity index (χ2v) is 4.66. The van der Waals surface area contributed by atoms with Crippen LogP contribution in [0.3, 0.4) is 0 Å². The molecule has 0 radical (unpaired) electrons. The van der Waals surface area contributed by atoms with Crippen molar-refractivity contribution in [3.8, 4) is 0 Å². The van der Waals surface area contributed by atoms with E-state index in [4.69, 9.17) is 34.8 Å². The highest BCUT2D eigenvalue weighted by Crippen LogP contribution is 2.30. The van der Waals surface area contributed by atoms with E-state index < -0.39 is 0 Å². The van der Waals surface area contributed by atoms with Crippen molar-refractivity contribution in [2.75, 3.05) is 13.6 Å². The summed E-state index contributed by atoms with van der Waals surface area (Å²) in [4.78, 5) is 0. The van der Waals surface area contributed by atoms with Crippen LogP contribution in [0.15, 0.2) is 12.1 Å². The Labute approximate surface area is 106 Å². The first kappa shape index (κ1) is 13.1. The molecule has 1 rings (SSSR count). The molecule has 0 fully saturated rings. The van der Waals surface area contributed by atoms with Gasteiger partial charge in [-0.1, -0.05) is 34.8 Å². The minimum absolute atomic E-state index is 0.587. The van der Waals surface area contributed by atoms with Crippen LogP contribution in [0.25, 0.3) is 0 Å². The van der Waals surface area contributed by atoms with E-state index in [2.05, 4.69) is 5.32 Å². The lowest BCUT2D eigenvalue weighted by Gasteiger charge is -2.07. The number of unbranched alkanes of at least 4 members (excludes halogenated alkanes) is 1. The van der Waals surface area contributed by atoms with Gasteiger partial charge in [-0.15, -0.1) is 0 Å². The molecule has 0 heterocycles. The molecule has 0 aliphatic heterocycles. The van der Waals surface area contributed by atoms with Gasteiger partial charge in [0, 0.05) is 15.1 Å². The molecule has 0 aromatic heterocycles. The Balaban J connectivity index is 2.60. The molecule has 0 aliphatic carbocycles. The van der Waals surface area contributed by atoms with Gasteiger partial charge in [-0.2, -0.15) is 0 Å². The highest BCUT2D eigenvalue weighted by molar-refractivity contribution is 6.39. The minimum Gasteiger partial charge on any atom is -0.320 e. The Morgan fingerprint density at radius 3 is 2.20 bits per heavy atom. The SMILES string of the molecule is CNCCCCc1c(Cl)cc(Cl)cc1Cl. The lowest BCUT2D eigenvalue weighted by Crippen LogP contribution is -2.07. The topological polar surface area (TPSA) is 12.0 Å². The molecule has 0 saturated heterocycles. The molecule has 0 spiro atoms. The fraction of sp³-hybridized carbons (Fsp3) is 0.455. The molecule has 84 valence electrons. The lowest BCUT2D eigenvalue weighted by atomic mass is 10.1. The first-order valence-electron chi connectivity index (χ1n) is 4.93. The van der Waals surface area contributed by atoms with Gasteiger partial charge >= 0.3 is 0 Å². The Morgan fingerprint density at radius 2 is 1.67 bits per heavy atom. The molecule has 1 aromatic rings. The van der Waals surface area contributed by atoms with Crippen molar-refractivity contribution in [1.82, 2.24) is 5.32 Å². The van der Waals surface area contributed by atoms with E-state index in [1.54, 1.807) is 12.1 Å². The van der Waals surface area contributed by atoms with E-state index in [0.29, 0.717) is 15.1 Å². The summed E-state index contributed by atoms with van der Waals surface area (Å²) >= 11 is 18.0. The van der Waals surface area contributed by atoms with Crippen LogP contribution in [-0.4, -0.2) is 13.6 Å². The van der Waals surface area contributed by atoms with Crippen molar-refractivity contribution in [2.24, 2.45) is 0 Å². The zero-order valence-electron chi connectivity index (χ0n) is 8.62. The van der Waals surface area contributed by atoms with Gasteiger partial charge in [0.15, 0.2) is 0 Å². The summed E-state index contributed by atoms with van der Waals surface area (Å²) in [5.74, 6) is 0. The van der Waals surface area contributed by atoms with Gasteiger partial charge in [-0.3, -0.25) is 0 Å². The third-order valence-electron chi connectivity index (χ3n) is 2.21. The van der Waals surface area contributed by atoms with Crippen molar-refractivity contribution in [3.63, 3.8) is 0 Å². The van der Waals surface area contributed by atoms with Gasteiger partial charge in [0.1, 0.15) is 0 Å². The minimum atomic E-state index is 0.587. The zero-order chi connectivity index (χ0) is 11.3. The molecule has 1 N–H and O–H groups in total. The van der Waals surface area contributed by atoms with Crippen LogP contribution in [0.4, 0.5) is 0 Å². The summed E-state index contributed by atoms with van der Waals surface area (Å²) in [6.45, 7) is 1.02. The Hall–Kier alpha value is 0.0500. The molecule has 0 bridgehead atoms. The molecule has 0 saturated carbocycles. The summed E-state index contributed by atoms with van der Waals surface area (Å²) in [5, 5.41) is 5.02. The first-order chi connectivity index (χ1) is 7.15. The van der Waals surface area contributed by atoms with Crippen LogP contribution in [0.2, 0.25) is 15.1 Å². The smallest absolute Gasteiger partial charge is 0.0467 e. The number of hydrogen-bond donors (Lipinski definition) is 1. The maximum absolute atomic E-state index is 6.06. The molecule has 4 heteroatoms. The van der Waals surface area contributed by atoms with Crippen LogP contribution in [0.1, 0.15) is 18.4 Å². The predicted molar refractivity (Wildman–Crippen MR) is 68.3 cm³/mol. The Kier molecular flexibility index (Phi) is 5.77. The van der Waals surface area contributed by atoms with Gasteiger partial charge in [-0.05, 0) is 50.6 Å². The molecule has 0 unspecified atom stereocenters. The van der Waals surface area contributed by atoms with Gasteiger partial charge in [0.2, 0.25) is 0 Å². The van der Waals surface area contributed by atoms with Gasteiger partial charge < -0.3 is 5.32 Å². The Morgan fingerprint density at radius 1 is 1.07 bits per heavy atom. The predicted octanol–water partition coefficient (Wildman–Crippen LogP) is 4.19. The van der Waals surface area contributed by atoms with Crippen molar-refractivity contribution in [2.45, 2.75) is 19.3 Å². The van der Waals surface area contributed by atoms with Crippen LogP contribution in [0.5, 0.6) is 0 Å². The average molecular weight is 267 g/mol. The van der Waals surface area contributed by atoms with Gasteiger partial charge in [0.05, 0.1) is 0 Å². The summed E-state index contributed by atoms with van der Waals surface area (Å²) in [6, 6.07) is 3.48. The lowest BCUT2D eigenvalue weighted by molar-refractivity contribution is 0.677. The molecule has 15 heavy (non-hydrogen) atoms. The van der Waals surface area contributed by atoms with Crippen molar-refractivity contribution in [3.05, 3.63) is 32.8 Å². The van der Waals surface area contributed by atoms with Crippen LogP contribution >= 0.6 is 34.8 Å². The third-order valence-corrected chi connectivity index (χ3v) is 3.10. The largest absolute Gasteiger partial charge is 0.320 e. The Bertz CT molecular complexity index is 303. The first-order valence-corrected chi connectivity index (χ1v) is 6.06. The van der Waals surface area contributed by atoms with Gasteiger partial charge in [-0.25, -0.2) is 0 Å². The summed E-state index contributed by atoms with van der Waals surface area (Å²) in [6.07, 6.45) is 3.09. The maximum Gasteiger partial charge on any atom is 0.0467 e. The van der Waals surface area contributed by atoms with Crippen molar-refractivity contribution >= 4 is 34.8 Å². The number of benzene rings is 1. The average Bonchev–Trinajstić information content (AvgIpc) is 2.15. The fourth-order valence-electron chi connectivity index (χ4n) is 1.41. The number of nitrogens with one attached hydrogen (secondary N) is 1. The highest BCUT2D eigenvalue weighted by atomic mass is 35.5. The summed E-state index contributed by atoms with van der Waals surface area (Å²) in [7, 11) is 1.95. The molecule has 1 nitrogen and oxygen atoms in total. The molecule has 0 amide bonds. The standard InChI is InChI=1S/C11H14Cl3N/c1-15-5-3-2-4-9-10(13)6-8(12)7-11(9)14/h6-7,15H,2-5H2,1H3. The highest BCUT2D eigenvalue weighted by Gasteiger charge is 2.07. The monoisotopic (exact) mass is 265 g/mol. The quantitative estimate of drug-likeness (QED) is 0.788. The summed E-state index contributed by atoms with van der Waals surface area (Å²) < 4.78 is 0. The van der Waals surface area contributed by atoms with E-state index in [1.165, 1.54) is 0 Å². The van der Waals surface area contributed by atoms with Crippen molar-refractivity contribution < 1.29 is 0 Å². The normalized spacial score (nSPS) is 10.7.